The Morgan fingerprint density at radius 2 is 2.07 bits per heavy atom. The van der Waals surface area contributed by atoms with Crippen LogP contribution in [0.2, 0.25) is 0 Å². The molecule has 4 rings (SSSR count). The number of nitrogens with zero attached hydrogens (tertiary/aromatic N) is 3. The third-order valence-electron chi connectivity index (χ3n) is 5.45. The quantitative estimate of drug-likeness (QED) is 0.743. The van der Waals surface area contributed by atoms with E-state index in [0.29, 0.717) is 19.0 Å². The number of carbonyl (C=O) groups is 1. The summed E-state index contributed by atoms with van der Waals surface area (Å²) in [4.78, 5) is 11.3. The first-order valence-corrected chi connectivity index (χ1v) is 9.77. The van der Waals surface area contributed by atoms with Crippen LogP contribution >= 0.6 is 0 Å². The Hall–Kier alpha value is -2.29. The Labute approximate surface area is 163 Å². The summed E-state index contributed by atoms with van der Waals surface area (Å²) >= 11 is 0. The van der Waals surface area contributed by atoms with Gasteiger partial charge < -0.3 is 19.9 Å². The SMILES string of the molecule is CC(=O)O[C@@H]1[C@@H](O)CN[C@@H]1Cc1ccc(-c2cn(C3CCOCC3)nn2)cc1. The Bertz CT molecular complexity index is 801. The molecule has 0 bridgehead atoms. The predicted octanol–water partition coefficient (Wildman–Crippen LogP) is 1.10. The molecule has 0 radical (unpaired) electrons. The molecule has 0 aliphatic carbocycles. The van der Waals surface area contributed by atoms with Crippen LogP contribution in [-0.4, -0.2) is 64.1 Å². The summed E-state index contributed by atoms with van der Waals surface area (Å²) in [5.74, 6) is -0.374. The number of aliphatic hydroxyl groups is 1. The van der Waals surface area contributed by atoms with Crippen molar-refractivity contribution in [2.75, 3.05) is 19.8 Å². The summed E-state index contributed by atoms with van der Waals surface area (Å²) in [5.41, 5.74) is 2.97. The highest BCUT2D eigenvalue weighted by Gasteiger charge is 2.37. The van der Waals surface area contributed by atoms with Crippen LogP contribution in [0.5, 0.6) is 0 Å². The Balaban J connectivity index is 1.41. The number of esters is 1. The minimum absolute atomic E-state index is 0.0980. The fourth-order valence-electron chi connectivity index (χ4n) is 3.92. The number of rotatable bonds is 5. The zero-order valence-corrected chi connectivity index (χ0v) is 16.0. The van der Waals surface area contributed by atoms with Gasteiger partial charge in [-0.3, -0.25) is 4.79 Å². The molecule has 8 heteroatoms. The van der Waals surface area contributed by atoms with Gasteiger partial charge in [0, 0.05) is 32.2 Å². The van der Waals surface area contributed by atoms with Crippen LogP contribution in [0.4, 0.5) is 0 Å². The molecule has 1 aromatic heterocycles. The van der Waals surface area contributed by atoms with Crippen LogP contribution in [-0.2, 0) is 20.7 Å². The summed E-state index contributed by atoms with van der Waals surface area (Å²) < 4.78 is 12.6. The van der Waals surface area contributed by atoms with Gasteiger partial charge in [0.1, 0.15) is 17.9 Å². The van der Waals surface area contributed by atoms with Crippen molar-refractivity contribution in [3.8, 4) is 11.3 Å². The lowest BCUT2D eigenvalue weighted by atomic mass is 10.00. The van der Waals surface area contributed by atoms with Crippen molar-refractivity contribution < 1.29 is 19.4 Å². The van der Waals surface area contributed by atoms with Crippen LogP contribution < -0.4 is 5.32 Å². The first-order valence-electron chi connectivity index (χ1n) is 9.77. The van der Waals surface area contributed by atoms with Gasteiger partial charge >= 0.3 is 5.97 Å². The number of aliphatic hydroxyl groups excluding tert-OH is 1. The van der Waals surface area contributed by atoms with Crippen LogP contribution in [0, 0.1) is 0 Å². The van der Waals surface area contributed by atoms with Crippen molar-refractivity contribution in [3.63, 3.8) is 0 Å². The first-order chi connectivity index (χ1) is 13.6. The van der Waals surface area contributed by atoms with E-state index in [1.165, 1.54) is 6.92 Å². The summed E-state index contributed by atoms with van der Waals surface area (Å²) in [6.45, 7) is 3.33. The molecule has 150 valence electrons. The summed E-state index contributed by atoms with van der Waals surface area (Å²) in [7, 11) is 0. The van der Waals surface area contributed by atoms with Crippen molar-refractivity contribution in [2.24, 2.45) is 0 Å². The number of nitrogens with one attached hydrogen (secondary N) is 1. The number of hydrogen-bond acceptors (Lipinski definition) is 7. The zero-order chi connectivity index (χ0) is 19.5. The van der Waals surface area contributed by atoms with E-state index < -0.39 is 12.2 Å². The Morgan fingerprint density at radius 1 is 1.32 bits per heavy atom. The maximum Gasteiger partial charge on any atom is 0.303 e. The normalized spacial score (nSPS) is 25.7. The highest BCUT2D eigenvalue weighted by atomic mass is 16.6. The van der Waals surface area contributed by atoms with E-state index in [2.05, 4.69) is 15.6 Å². The second kappa shape index (κ2) is 8.38. The van der Waals surface area contributed by atoms with E-state index in [1.807, 2.05) is 35.1 Å². The third-order valence-corrected chi connectivity index (χ3v) is 5.45. The predicted molar refractivity (Wildman–Crippen MR) is 102 cm³/mol. The maximum absolute atomic E-state index is 11.3. The van der Waals surface area contributed by atoms with Gasteiger partial charge in [0.05, 0.1) is 18.3 Å². The molecule has 0 spiro atoms. The average molecular weight is 386 g/mol. The summed E-state index contributed by atoms with van der Waals surface area (Å²) in [6.07, 6.45) is 3.40. The molecule has 2 aliphatic heterocycles. The molecule has 1 aromatic carbocycles. The summed E-state index contributed by atoms with van der Waals surface area (Å²) in [6, 6.07) is 8.39. The van der Waals surface area contributed by atoms with Gasteiger partial charge in [-0.15, -0.1) is 5.10 Å². The van der Waals surface area contributed by atoms with Crippen LogP contribution in [0.25, 0.3) is 11.3 Å². The zero-order valence-electron chi connectivity index (χ0n) is 16.0. The molecular weight excluding hydrogens is 360 g/mol. The number of benzene rings is 1. The molecule has 2 N–H and O–H groups in total. The van der Waals surface area contributed by atoms with E-state index in [9.17, 15) is 9.90 Å². The molecule has 8 nitrogen and oxygen atoms in total. The van der Waals surface area contributed by atoms with E-state index >= 15 is 0 Å². The number of carbonyl (C=O) groups excluding carboxylic acids is 1. The van der Waals surface area contributed by atoms with Gasteiger partial charge in [0.2, 0.25) is 0 Å². The van der Waals surface area contributed by atoms with Crippen LogP contribution in [0.15, 0.2) is 30.5 Å². The third kappa shape index (κ3) is 4.24. The molecule has 0 amide bonds. The van der Waals surface area contributed by atoms with Gasteiger partial charge in [-0.1, -0.05) is 29.5 Å². The largest absolute Gasteiger partial charge is 0.458 e. The highest BCUT2D eigenvalue weighted by Crippen LogP contribution is 2.24. The molecule has 28 heavy (non-hydrogen) atoms. The van der Waals surface area contributed by atoms with Crippen molar-refractivity contribution in [1.29, 1.82) is 0 Å². The molecule has 3 heterocycles. The Kier molecular flexibility index (Phi) is 5.70. The van der Waals surface area contributed by atoms with Crippen molar-refractivity contribution >= 4 is 5.97 Å². The molecule has 0 unspecified atom stereocenters. The number of hydrogen-bond donors (Lipinski definition) is 2. The van der Waals surface area contributed by atoms with E-state index in [0.717, 1.165) is 42.9 Å². The Morgan fingerprint density at radius 3 is 2.79 bits per heavy atom. The monoisotopic (exact) mass is 386 g/mol. The minimum atomic E-state index is -0.673. The van der Waals surface area contributed by atoms with Crippen LogP contribution in [0.3, 0.4) is 0 Å². The number of β-amino-alcohol motifs (C(OH)–C–C–N with tert-alkyl or cyclic N) is 1. The van der Waals surface area contributed by atoms with Crippen molar-refractivity contribution in [2.45, 2.75) is 50.5 Å². The molecule has 2 aliphatic rings. The lowest BCUT2D eigenvalue weighted by Gasteiger charge is -2.21. The van der Waals surface area contributed by atoms with E-state index in [4.69, 9.17) is 9.47 Å². The smallest absolute Gasteiger partial charge is 0.303 e. The summed E-state index contributed by atoms with van der Waals surface area (Å²) in [5, 5.41) is 21.9. The lowest BCUT2D eigenvalue weighted by Crippen LogP contribution is -2.38. The molecule has 2 saturated heterocycles. The van der Waals surface area contributed by atoms with Crippen molar-refractivity contribution in [1.82, 2.24) is 20.3 Å². The van der Waals surface area contributed by atoms with Gasteiger partial charge in [0.15, 0.2) is 0 Å². The molecule has 3 atom stereocenters. The molecular formula is C20H26N4O4. The number of ether oxygens (including phenoxy) is 2. The second-order valence-electron chi connectivity index (χ2n) is 7.48. The highest BCUT2D eigenvalue weighted by molar-refractivity contribution is 5.66. The lowest BCUT2D eigenvalue weighted by molar-refractivity contribution is -0.151. The minimum Gasteiger partial charge on any atom is -0.458 e. The second-order valence-corrected chi connectivity index (χ2v) is 7.48. The van der Waals surface area contributed by atoms with Gasteiger partial charge in [0.25, 0.3) is 0 Å². The van der Waals surface area contributed by atoms with Gasteiger partial charge in [-0.25, -0.2) is 4.68 Å². The van der Waals surface area contributed by atoms with E-state index in [-0.39, 0.29) is 12.0 Å². The molecule has 2 aromatic rings. The molecule has 0 saturated carbocycles. The standard InChI is InChI=1S/C20H26N4O4/c1-13(25)28-20-17(21-11-19(20)26)10-14-2-4-15(5-3-14)18-12-24(23-22-18)16-6-8-27-9-7-16/h2-5,12,16-17,19-21,26H,6-11H2,1H3/t17-,19+,20+/m1/s1. The van der Waals surface area contributed by atoms with Gasteiger partial charge in [-0.05, 0) is 24.8 Å². The maximum atomic E-state index is 11.3. The average Bonchev–Trinajstić information content (AvgIpc) is 3.32. The van der Waals surface area contributed by atoms with E-state index in [1.54, 1.807) is 0 Å². The van der Waals surface area contributed by atoms with Crippen molar-refractivity contribution in [3.05, 3.63) is 36.0 Å². The first kappa shape index (κ1) is 19.0. The fourth-order valence-corrected chi connectivity index (χ4v) is 3.92. The number of aromatic nitrogens is 3. The fraction of sp³-hybridized carbons (Fsp3) is 0.550. The topological polar surface area (TPSA) is 98.5 Å². The molecule has 2 fully saturated rings. The van der Waals surface area contributed by atoms with Crippen LogP contribution in [0.1, 0.15) is 31.4 Å². The van der Waals surface area contributed by atoms with Gasteiger partial charge in [-0.2, -0.15) is 0 Å².